The van der Waals surface area contributed by atoms with Gasteiger partial charge in [-0.15, -0.1) is 0 Å². The molecule has 0 radical (unpaired) electrons. The van der Waals surface area contributed by atoms with Crippen molar-refractivity contribution < 1.29 is 9.53 Å². The van der Waals surface area contributed by atoms with Gasteiger partial charge in [0.2, 0.25) is 5.91 Å². The number of methoxy groups -OCH3 is 1. The molecule has 1 saturated heterocycles. The van der Waals surface area contributed by atoms with Crippen LogP contribution in [0, 0.1) is 0 Å². The summed E-state index contributed by atoms with van der Waals surface area (Å²) >= 11 is 0. The van der Waals surface area contributed by atoms with Gasteiger partial charge in [-0.3, -0.25) is 9.78 Å². The predicted molar refractivity (Wildman–Crippen MR) is 130 cm³/mol. The molecule has 1 spiro atoms. The number of likely N-dealkylation sites (tertiary alicyclic amines) is 1. The van der Waals surface area contributed by atoms with Crippen LogP contribution in [0.4, 0.5) is 5.69 Å². The molecule has 4 aromatic rings. The minimum absolute atomic E-state index is 0.0858. The number of carbonyl (C=O) groups excluding carboxylic acids is 1. The van der Waals surface area contributed by atoms with Crippen molar-refractivity contribution in [3.63, 3.8) is 0 Å². The molecule has 4 heterocycles. The fourth-order valence-corrected chi connectivity index (χ4v) is 5.21. The fourth-order valence-electron chi connectivity index (χ4n) is 5.21. The molecule has 0 saturated carbocycles. The molecule has 7 heteroatoms. The summed E-state index contributed by atoms with van der Waals surface area (Å²) in [6.45, 7) is 5.42. The van der Waals surface area contributed by atoms with E-state index in [4.69, 9.17) is 9.72 Å². The summed E-state index contributed by atoms with van der Waals surface area (Å²) in [6, 6.07) is 18.1. The number of hydrogen-bond donors (Lipinski definition) is 0. The van der Waals surface area contributed by atoms with Crippen LogP contribution in [0.1, 0.15) is 11.3 Å². The molecule has 2 aromatic carbocycles. The number of aromatic nitrogens is 3. The molecule has 34 heavy (non-hydrogen) atoms. The second-order valence-electron chi connectivity index (χ2n) is 8.74. The fraction of sp³-hybridized carbons (Fsp3) is 0.185. The number of amides is 1. The Morgan fingerprint density at radius 3 is 2.65 bits per heavy atom. The zero-order valence-electron chi connectivity index (χ0n) is 18.8. The van der Waals surface area contributed by atoms with Crippen LogP contribution in [0.3, 0.4) is 0 Å². The van der Waals surface area contributed by atoms with Gasteiger partial charge in [-0.2, -0.15) is 10.2 Å². The van der Waals surface area contributed by atoms with Crippen LogP contribution in [0.2, 0.25) is 0 Å². The van der Waals surface area contributed by atoms with Gasteiger partial charge in [0, 0.05) is 41.5 Å². The van der Waals surface area contributed by atoms with Gasteiger partial charge < -0.3 is 14.5 Å². The van der Waals surface area contributed by atoms with Crippen molar-refractivity contribution in [2.45, 2.75) is 12.0 Å². The van der Waals surface area contributed by atoms with E-state index >= 15 is 0 Å². The first-order valence-electron chi connectivity index (χ1n) is 11.2. The van der Waals surface area contributed by atoms with Crippen LogP contribution in [0.25, 0.3) is 21.9 Å². The van der Waals surface area contributed by atoms with Gasteiger partial charge in [0.15, 0.2) is 5.88 Å². The number of nitrogens with zero attached hydrogens (tertiary/aromatic N) is 5. The Kier molecular flexibility index (Phi) is 4.58. The predicted octanol–water partition coefficient (Wildman–Crippen LogP) is 3.91. The maximum absolute atomic E-state index is 13.9. The molecule has 2 aromatic heterocycles. The molecule has 7 nitrogen and oxygen atoms in total. The van der Waals surface area contributed by atoms with Crippen LogP contribution in [-0.4, -0.2) is 46.2 Å². The molecular weight excluding hydrogens is 426 g/mol. The molecule has 0 bridgehead atoms. The summed E-state index contributed by atoms with van der Waals surface area (Å²) in [5.74, 6) is 0.667. The topological polar surface area (TPSA) is 71.5 Å². The largest absolute Gasteiger partial charge is 0.483 e. The lowest BCUT2D eigenvalue weighted by Gasteiger charge is -2.47. The van der Waals surface area contributed by atoms with E-state index in [2.05, 4.69) is 28.9 Å². The maximum Gasteiger partial charge on any atom is 0.241 e. The number of fused-ring (bicyclic) bond motifs is 3. The lowest BCUT2D eigenvalue weighted by molar-refractivity contribution is -0.129. The normalized spacial score (nSPS) is 16.0. The first-order chi connectivity index (χ1) is 16.6. The van der Waals surface area contributed by atoms with Crippen molar-refractivity contribution in [2.75, 3.05) is 25.1 Å². The van der Waals surface area contributed by atoms with Gasteiger partial charge in [-0.1, -0.05) is 42.5 Å². The monoisotopic (exact) mass is 449 g/mol. The van der Waals surface area contributed by atoms with Gasteiger partial charge in [0.1, 0.15) is 5.41 Å². The van der Waals surface area contributed by atoms with E-state index in [0.717, 1.165) is 38.8 Å². The van der Waals surface area contributed by atoms with Crippen molar-refractivity contribution in [2.24, 2.45) is 0 Å². The Labute approximate surface area is 197 Å². The number of pyridine rings is 1. The minimum Gasteiger partial charge on any atom is -0.483 e. The van der Waals surface area contributed by atoms with Crippen LogP contribution >= 0.6 is 0 Å². The Morgan fingerprint density at radius 2 is 1.85 bits per heavy atom. The number of anilines is 1. The average Bonchev–Trinajstić information content (AvgIpc) is 3.11. The second kappa shape index (κ2) is 7.66. The first-order valence-corrected chi connectivity index (χ1v) is 11.2. The molecule has 0 atom stereocenters. The molecule has 0 N–H and O–H groups in total. The molecule has 1 amide bonds. The van der Waals surface area contributed by atoms with Gasteiger partial charge in [0.05, 0.1) is 31.7 Å². The number of rotatable bonds is 5. The van der Waals surface area contributed by atoms with Crippen molar-refractivity contribution in [3.05, 3.63) is 96.9 Å². The highest BCUT2D eigenvalue weighted by atomic mass is 16.5. The second-order valence-corrected chi connectivity index (χ2v) is 8.74. The molecule has 0 aliphatic carbocycles. The summed E-state index contributed by atoms with van der Waals surface area (Å²) in [6.07, 6.45) is 5.30. The third-order valence-electron chi connectivity index (χ3n) is 6.93. The lowest BCUT2D eigenvalue weighted by atomic mass is 9.74. The van der Waals surface area contributed by atoms with Gasteiger partial charge in [-0.25, -0.2) is 0 Å². The van der Waals surface area contributed by atoms with E-state index < -0.39 is 5.41 Å². The Balaban J connectivity index is 1.44. The molecular formula is C27H23N5O2. The van der Waals surface area contributed by atoms with E-state index in [-0.39, 0.29) is 5.91 Å². The lowest BCUT2D eigenvalue weighted by Crippen LogP contribution is -2.63. The van der Waals surface area contributed by atoms with Crippen molar-refractivity contribution in [3.8, 4) is 11.1 Å². The quantitative estimate of drug-likeness (QED) is 0.430. The third kappa shape index (κ3) is 2.90. The van der Waals surface area contributed by atoms with Crippen LogP contribution in [0.5, 0.6) is 0 Å². The first kappa shape index (κ1) is 20.4. The molecule has 168 valence electrons. The Hall–Kier alpha value is -4.26. The Bertz CT molecular complexity index is 1430. The SMILES string of the molecule is C=C(OC)N1CC2(C1)C(=O)N(Cc1ncc3ccccc3c1-c1ccnnc1)c1ccccc12. The van der Waals surface area contributed by atoms with Crippen LogP contribution < -0.4 is 4.90 Å². The van der Waals surface area contributed by atoms with E-state index in [1.807, 2.05) is 58.5 Å². The average molecular weight is 450 g/mol. The van der Waals surface area contributed by atoms with E-state index in [1.165, 1.54) is 0 Å². The molecule has 1 fully saturated rings. The molecule has 2 aliphatic rings. The maximum atomic E-state index is 13.9. The van der Waals surface area contributed by atoms with E-state index in [1.54, 1.807) is 19.5 Å². The van der Waals surface area contributed by atoms with Crippen molar-refractivity contribution >= 4 is 22.4 Å². The zero-order chi connectivity index (χ0) is 23.3. The minimum atomic E-state index is -0.590. The molecule has 0 unspecified atom stereocenters. The highest BCUT2D eigenvalue weighted by molar-refractivity contribution is 6.09. The van der Waals surface area contributed by atoms with E-state index in [9.17, 15) is 4.79 Å². The van der Waals surface area contributed by atoms with Gasteiger partial charge in [0.25, 0.3) is 0 Å². The van der Waals surface area contributed by atoms with Crippen LogP contribution in [-0.2, 0) is 21.5 Å². The molecule has 2 aliphatic heterocycles. The number of para-hydroxylation sites is 1. The van der Waals surface area contributed by atoms with Gasteiger partial charge in [-0.05, 0) is 29.7 Å². The number of ether oxygens (including phenoxy) is 1. The summed E-state index contributed by atoms with van der Waals surface area (Å²) in [7, 11) is 1.60. The van der Waals surface area contributed by atoms with E-state index in [0.29, 0.717) is 25.5 Å². The smallest absolute Gasteiger partial charge is 0.241 e. The third-order valence-corrected chi connectivity index (χ3v) is 6.93. The number of benzene rings is 2. The summed E-state index contributed by atoms with van der Waals surface area (Å²) in [5, 5.41) is 10.1. The van der Waals surface area contributed by atoms with Gasteiger partial charge >= 0.3 is 0 Å². The number of carbonyl (C=O) groups is 1. The standard InChI is InChI=1S/C27H23N5O2/c1-18(34-2)31-16-27(17-31)22-9-5-6-10-24(22)32(26(27)33)15-23-25(20-11-12-29-30-14-20)21-8-4-3-7-19(21)13-28-23/h3-14H,1,15-17H2,2H3. The summed E-state index contributed by atoms with van der Waals surface area (Å²) < 4.78 is 5.29. The zero-order valence-corrected chi connectivity index (χ0v) is 18.8. The molecule has 6 rings (SSSR count). The highest BCUT2D eigenvalue weighted by Crippen LogP contribution is 2.49. The summed E-state index contributed by atoms with van der Waals surface area (Å²) in [4.78, 5) is 22.6. The van der Waals surface area contributed by atoms with Crippen LogP contribution in [0.15, 0.2) is 85.6 Å². The van der Waals surface area contributed by atoms with Crippen molar-refractivity contribution in [1.82, 2.24) is 20.1 Å². The van der Waals surface area contributed by atoms with Crippen molar-refractivity contribution in [1.29, 1.82) is 0 Å². The highest BCUT2D eigenvalue weighted by Gasteiger charge is 2.58. The Morgan fingerprint density at radius 1 is 1.06 bits per heavy atom. The summed E-state index contributed by atoms with van der Waals surface area (Å²) in [5.41, 5.74) is 4.12. The number of hydrogen-bond acceptors (Lipinski definition) is 6.